The van der Waals surface area contributed by atoms with Crippen molar-refractivity contribution >= 4 is 14.2 Å². The summed E-state index contributed by atoms with van der Waals surface area (Å²) in [6.07, 6.45) is 6.32. The van der Waals surface area contributed by atoms with E-state index in [1.807, 2.05) is 19.9 Å². The van der Waals surface area contributed by atoms with Crippen molar-refractivity contribution in [3.8, 4) is 0 Å². The maximum atomic E-state index is 14.8. The normalized spacial score (nSPS) is 33.8. The number of fused-ring (bicyclic) bond motifs is 1. The predicted octanol–water partition coefficient (Wildman–Crippen LogP) is 7.30. The zero-order valence-corrected chi connectivity index (χ0v) is 30.0. The van der Waals surface area contributed by atoms with Gasteiger partial charge in [-0.15, -0.1) is 0 Å². The summed E-state index contributed by atoms with van der Waals surface area (Å²) in [6.45, 7) is 27.1. The Balaban J connectivity index is 1.85. The summed E-state index contributed by atoms with van der Waals surface area (Å²) in [5.74, 6) is -0.378. The zero-order chi connectivity index (χ0) is 32.7. The molecular weight excluding hydrogens is 566 g/mol. The number of hydrogen-bond donors (Lipinski definition) is 2. The Labute approximate surface area is 268 Å². The van der Waals surface area contributed by atoms with Crippen molar-refractivity contribution in [3.63, 3.8) is 0 Å². The lowest BCUT2D eigenvalue weighted by Gasteiger charge is -2.55. The number of aliphatic hydroxyl groups excluding tert-OH is 1. The van der Waals surface area contributed by atoms with Gasteiger partial charge in [-0.3, -0.25) is 4.79 Å². The molecule has 1 aromatic carbocycles. The maximum absolute atomic E-state index is 14.8. The average Bonchev–Trinajstić information content (AvgIpc) is 3.44. The van der Waals surface area contributed by atoms with Crippen LogP contribution < -0.4 is 5.32 Å². The number of amides is 1. The van der Waals surface area contributed by atoms with Gasteiger partial charge in [-0.1, -0.05) is 90.6 Å². The minimum Gasteiger partial charge on any atom is -0.410 e. The molecule has 9 atom stereocenters. The highest BCUT2D eigenvalue weighted by molar-refractivity contribution is 6.74. The summed E-state index contributed by atoms with van der Waals surface area (Å²) in [5, 5.41) is 13.1. The van der Waals surface area contributed by atoms with E-state index in [4.69, 9.17) is 20.5 Å². The lowest BCUT2D eigenvalue weighted by molar-refractivity contribution is -0.180. The molecule has 3 fully saturated rings. The molecule has 6 nitrogen and oxygen atoms in total. The van der Waals surface area contributed by atoms with E-state index in [0.29, 0.717) is 12.5 Å². The predicted molar refractivity (Wildman–Crippen MR) is 181 cm³/mol. The van der Waals surface area contributed by atoms with E-state index in [1.54, 1.807) is 0 Å². The van der Waals surface area contributed by atoms with Gasteiger partial charge < -0.3 is 24.3 Å². The topological polar surface area (TPSA) is 77.0 Å². The molecule has 0 spiro atoms. The molecule has 1 aliphatic carbocycles. The van der Waals surface area contributed by atoms with Gasteiger partial charge in [0.1, 0.15) is 0 Å². The van der Waals surface area contributed by atoms with E-state index >= 15 is 0 Å². The number of carbonyl (C=O) groups is 1. The van der Waals surface area contributed by atoms with Crippen LogP contribution in [-0.4, -0.2) is 56.6 Å². The third-order valence-electron chi connectivity index (χ3n) is 11.1. The highest BCUT2D eigenvalue weighted by Gasteiger charge is 2.70. The molecule has 0 radical (unpaired) electrons. The maximum Gasteiger partial charge on any atom is 0.230 e. The molecule has 0 bridgehead atoms. The van der Waals surface area contributed by atoms with Gasteiger partial charge in [0.05, 0.1) is 24.2 Å². The number of hydrogen-bond acceptors (Lipinski definition) is 5. The molecule has 44 heavy (non-hydrogen) atoms. The fraction of sp³-hybridized carbons (Fsp3) is 0.703. The van der Waals surface area contributed by atoms with Crippen LogP contribution in [0.5, 0.6) is 0 Å². The Morgan fingerprint density at radius 1 is 1.18 bits per heavy atom. The van der Waals surface area contributed by atoms with Crippen LogP contribution in [0.1, 0.15) is 73.8 Å². The molecule has 0 unspecified atom stereocenters. The molecule has 1 aromatic rings. The van der Waals surface area contributed by atoms with Crippen LogP contribution in [0.15, 0.2) is 54.6 Å². The number of allylic oxidation sites excluding steroid dienone is 1. The minimum atomic E-state index is -2.26. The van der Waals surface area contributed by atoms with E-state index in [-0.39, 0.29) is 53.4 Å². The number of rotatable bonds is 11. The van der Waals surface area contributed by atoms with E-state index in [9.17, 15) is 9.90 Å². The first-order valence-electron chi connectivity index (χ1n) is 16.7. The third-order valence-corrected chi connectivity index (χ3v) is 15.6. The molecule has 4 rings (SSSR count). The van der Waals surface area contributed by atoms with E-state index in [2.05, 4.69) is 96.4 Å². The molecule has 1 amide bonds. The molecule has 2 heterocycles. The smallest absolute Gasteiger partial charge is 0.230 e. The van der Waals surface area contributed by atoms with Gasteiger partial charge in [0.25, 0.3) is 0 Å². The summed E-state index contributed by atoms with van der Waals surface area (Å²) in [5.41, 5.74) is 1.38. The molecule has 7 heteroatoms. The summed E-state index contributed by atoms with van der Waals surface area (Å²) >= 11 is 0. The largest absolute Gasteiger partial charge is 0.410 e. The van der Waals surface area contributed by atoms with Crippen molar-refractivity contribution < 1.29 is 23.8 Å². The fourth-order valence-electron chi connectivity index (χ4n) is 7.74. The highest BCUT2D eigenvalue weighted by Crippen LogP contribution is 2.61. The lowest BCUT2D eigenvalue weighted by Crippen LogP contribution is -2.62. The lowest BCUT2D eigenvalue weighted by atomic mass is 9.51. The van der Waals surface area contributed by atoms with E-state index in [1.165, 1.54) is 5.56 Å². The third kappa shape index (κ3) is 6.83. The summed E-state index contributed by atoms with van der Waals surface area (Å²) < 4.78 is 20.2. The molecule has 2 N–H and O–H groups in total. The SMILES string of the molecule is C=C1[C@@H](C)[C@H]2[C@H](Cc3ccccc3)NC(=O)[C@@]2([C@H]2COC(C)(C)O2)[C@@H](/C=C/C[C@H](C)C[C@H](C)CO)[C@@H]1O[Si](C)(C)C(C)(C)C. The van der Waals surface area contributed by atoms with Gasteiger partial charge >= 0.3 is 0 Å². The van der Waals surface area contributed by atoms with Gasteiger partial charge in [0, 0.05) is 24.5 Å². The Kier molecular flexibility index (Phi) is 10.5. The van der Waals surface area contributed by atoms with Crippen LogP contribution in [0.3, 0.4) is 0 Å². The molecular formula is C37H59NO5Si. The molecule has 0 aromatic heterocycles. The summed E-state index contributed by atoms with van der Waals surface area (Å²) in [7, 11) is -2.26. The van der Waals surface area contributed by atoms with Crippen LogP contribution >= 0.6 is 0 Å². The second kappa shape index (κ2) is 13.1. The van der Waals surface area contributed by atoms with Crippen molar-refractivity contribution in [2.75, 3.05) is 13.2 Å². The number of aliphatic hydroxyl groups is 1. The Morgan fingerprint density at radius 3 is 2.41 bits per heavy atom. The number of nitrogens with one attached hydrogen (secondary N) is 1. The van der Waals surface area contributed by atoms with Crippen LogP contribution in [0, 0.1) is 35.0 Å². The van der Waals surface area contributed by atoms with Crippen molar-refractivity contribution in [2.24, 2.45) is 35.0 Å². The van der Waals surface area contributed by atoms with Gasteiger partial charge in [0.15, 0.2) is 14.1 Å². The standard InChI is InChI=1S/C37H59NO5Si/c1-24(20-25(2)22-39)16-15-19-29-33(43-44(10,11)35(5,6)7)27(4)26(3)32-30(21-28-17-13-12-14-18-28)38-34(40)37(29,32)31-23-41-36(8,9)42-31/h12-15,17-19,24-26,29-33,39H,4,16,20-23H2,1-3,5-11H3,(H,38,40)/b19-15+/t24-,25-,26+,29-,30-,31+,32-,33+,37+/m0/s1. The highest BCUT2D eigenvalue weighted by atomic mass is 28.4. The first kappa shape index (κ1) is 35.1. The van der Waals surface area contributed by atoms with E-state index in [0.717, 1.165) is 24.8 Å². The Morgan fingerprint density at radius 2 is 1.84 bits per heavy atom. The van der Waals surface area contributed by atoms with Gasteiger partial charge in [-0.2, -0.15) is 0 Å². The first-order valence-corrected chi connectivity index (χ1v) is 19.7. The van der Waals surface area contributed by atoms with Gasteiger partial charge in [0.2, 0.25) is 5.91 Å². The van der Waals surface area contributed by atoms with Crippen LogP contribution in [0.2, 0.25) is 18.1 Å². The Bertz CT molecular complexity index is 1190. The van der Waals surface area contributed by atoms with Crippen LogP contribution in [0.25, 0.3) is 0 Å². The molecule has 3 aliphatic rings. The fourth-order valence-corrected chi connectivity index (χ4v) is 9.02. The van der Waals surface area contributed by atoms with Crippen LogP contribution in [-0.2, 0) is 25.1 Å². The first-order chi connectivity index (χ1) is 20.4. The Hall–Kier alpha value is -1.77. The average molecular weight is 626 g/mol. The quantitative estimate of drug-likeness (QED) is 0.199. The molecule has 2 saturated heterocycles. The monoisotopic (exact) mass is 625 g/mol. The molecule has 2 aliphatic heterocycles. The minimum absolute atomic E-state index is 0.00746. The van der Waals surface area contributed by atoms with Crippen molar-refractivity contribution in [1.82, 2.24) is 5.32 Å². The summed E-state index contributed by atoms with van der Waals surface area (Å²) in [6, 6.07) is 10.4. The second-order valence-corrected chi connectivity index (χ2v) is 20.8. The molecule has 1 saturated carbocycles. The number of benzene rings is 1. The number of ether oxygens (including phenoxy) is 2. The second-order valence-electron chi connectivity index (χ2n) is 16.0. The van der Waals surface area contributed by atoms with Crippen molar-refractivity contribution in [3.05, 3.63) is 60.2 Å². The zero-order valence-electron chi connectivity index (χ0n) is 29.0. The van der Waals surface area contributed by atoms with Crippen molar-refractivity contribution in [1.29, 1.82) is 0 Å². The summed E-state index contributed by atoms with van der Waals surface area (Å²) in [4.78, 5) is 14.8. The van der Waals surface area contributed by atoms with Gasteiger partial charge in [-0.25, -0.2) is 0 Å². The van der Waals surface area contributed by atoms with Crippen LogP contribution in [0.4, 0.5) is 0 Å². The molecule has 246 valence electrons. The van der Waals surface area contributed by atoms with Gasteiger partial charge in [-0.05, 0) is 80.1 Å². The van der Waals surface area contributed by atoms with E-state index < -0.39 is 25.6 Å². The van der Waals surface area contributed by atoms with Crippen molar-refractivity contribution in [2.45, 2.75) is 117 Å². The number of carbonyl (C=O) groups excluding carboxylic acids is 1.